The van der Waals surface area contributed by atoms with Crippen LogP contribution in [-0.4, -0.2) is 36.0 Å². The van der Waals surface area contributed by atoms with Crippen LogP contribution in [0.2, 0.25) is 0 Å². The zero-order chi connectivity index (χ0) is 15.3. The Morgan fingerprint density at radius 3 is 2.29 bits per heavy atom. The zero-order valence-electron chi connectivity index (χ0n) is 14.2. The van der Waals surface area contributed by atoms with Crippen molar-refractivity contribution in [1.82, 2.24) is 10.2 Å². The number of nitrogens with zero attached hydrogens (tertiary/aromatic N) is 1. The number of carbonyl (C=O) groups excluding carboxylic acids is 1. The number of likely N-dealkylation sites (tertiary alicyclic amines) is 1. The molecule has 3 rings (SSSR count). The van der Waals surface area contributed by atoms with Gasteiger partial charge in [0.25, 0.3) is 0 Å². The number of carbonyl (C=O) groups is 1. The van der Waals surface area contributed by atoms with E-state index in [0.717, 1.165) is 24.9 Å². The number of hydrogen-bond donors (Lipinski definition) is 1. The summed E-state index contributed by atoms with van der Waals surface area (Å²) in [5, 5.41) is 3.45. The second-order valence-corrected chi connectivity index (χ2v) is 8.64. The zero-order valence-corrected chi connectivity index (χ0v) is 14.2. The van der Waals surface area contributed by atoms with Gasteiger partial charge in [0.2, 0.25) is 5.91 Å². The second kappa shape index (κ2) is 5.26. The van der Waals surface area contributed by atoms with Crippen molar-refractivity contribution in [1.29, 1.82) is 0 Å². The molecule has 0 radical (unpaired) electrons. The van der Waals surface area contributed by atoms with E-state index in [1.165, 1.54) is 32.1 Å². The summed E-state index contributed by atoms with van der Waals surface area (Å²) in [6.45, 7) is 12.1. The minimum Gasteiger partial charge on any atom is -0.349 e. The lowest BCUT2D eigenvalue weighted by Crippen LogP contribution is -2.60. The van der Waals surface area contributed by atoms with Crippen molar-refractivity contribution >= 4 is 5.91 Å². The molecule has 3 fully saturated rings. The van der Waals surface area contributed by atoms with E-state index >= 15 is 0 Å². The normalized spacial score (nSPS) is 39.6. The van der Waals surface area contributed by atoms with E-state index in [0.29, 0.717) is 12.5 Å². The molecule has 120 valence electrons. The molecule has 0 aromatic heterocycles. The molecule has 2 aliphatic carbocycles. The lowest BCUT2D eigenvalue weighted by molar-refractivity contribution is -0.127. The van der Waals surface area contributed by atoms with E-state index in [4.69, 9.17) is 0 Å². The Bertz CT molecular complexity index is 411. The number of amides is 1. The molecule has 0 aromatic rings. The third-order valence-corrected chi connectivity index (χ3v) is 7.25. The summed E-state index contributed by atoms with van der Waals surface area (Å²) >= 11 is 0. The predicted octanol–water partition coefficient (Wildman–Crippen LogP) is 3.05. The third kappa shape index (κ3) is 2.52. The highest BCUT2D eigenvalue weighted by Gasteiger charge is 2.60. The molecule has 1 heterocycles. The summed E-state index contributed by atoms with van der Waals surface area (Å²) < 4.78 is 0. The van der Waals surface area contributed by atoms with Crippen LogP contribution in [0.25, 0.3) is 0 Å². The topological polar surface area (TPSA) is 32.3 Å². The molecule has 1 amide bonds. The first kappa shape index (κ1) is 15.3. The lowest BCUT2D eigenvalue weighted by Gasteiger charge is -2.48. The highest BCUT2D eigenvalue weighted by Crippen LogP contribution is 2.61. The lowest BCUT2D eigenvalue weighted by atomic mass is 9.64. The van der Waals surface area contributed by atoms with Gasteiger partial charge in [0.15, 0.2) is 0 Å². The number of hydrogen-bond acceptors (Lipinski definition) is 2. The fraction of sp³-hybridized carbons (Fsp3) is 0.944. The second-order valence-electron chi connectivity index (χ2n) is 8.64. The van der Waals surface area contributed by atoms with Crippen LogP contribution in [-0.2, 0) is 4.79 Å². The van der Waals surface area contributed by atoms with Gasteiger partial charge < -0.3 is 5.32 Å². The van der Waals surface area contributed by atoms with Crippen LogP contribution in [0.1, 0.15) is 59.8 Å². The van der Waals surface area contributed by atoms with Crippen LogP contribution in [0.15, 0.2) is 0 Å². The van der Waals surface area contributed by atoms with E-state index in [1.807, 2.05) is 0 Å². The fourth-order valence-electron chi connectivity index (χ4n) is 5.13. The van der Waals surface area contributed by atoms with Gasteiger partial charge in [-0.3, -0.25) is 9.69 Å². The predicted molar refractivity (Wildman–Crippen MR) is 86.0 cm³/mol. The number of fused-ring (bicyclic) bond motifs is 2. The van der Waals surface area contributed by atoms with Crippen LogP contribution in [0.3, 0.4) is 0 Å². The molecule has 0 aromatic carbocycles. The molecular weight excluding hydrogens is 260 g/mol. The standard InChI is InChI=1S/C18H32N2O/c1-13-7-9-20(10-8-13)12-16(21)19-18(4)15-6-5-14(11-15)17(18,2)3/h13-15H,5-12H2,1-4H3,(H,19,21)/t14-,15+,18+/m0/s1. The Morgan fingerprint density at radius 2 is 1.71 bits per heavy atom. The van der Waals surface area contributed by atoms with Gasteiger partial charge in [-0.05, 0) is 75.3 Å². The highest BCUT2D eigenvalue weighted by molar-refractivity contribution is 5.79. The molecule has 3 atom stereocenters. The van der Waals surface area contributed by atoms with Crippen molar-refractivity contribution in [3.8, 4) is 0 Å². The molecule has 0 unspecified atom stereocenters. The van der Waals surface area contributed by atoms with E-state index in [9.17, 15) is 4.79 Å². The Kier molecular flexibility index (Phi) is 3.84. The first-order valence-electron chi connectivity index (χ1n) is 8.86. The summed E-state index contributed by atoms with van der Waals surface area (Å²) in [5.41, 5.74) is 0.234. The molecule has 3 aliphatic rings. The van der Waals surface area contributed by atoms with Gasteiger partial charge in [0, 0.05) is 5.54 Å². The summed E-state index contributed by atoms with van der Waals surface area (Å²) in [6, 6.07) is 0. The van der Waals surface area contributed by atoms with Gasteiger partial charge in [-0.2, -0.15) is 0 Å². The molecule has 1 aliphatic heterocycles. The third-order valence-electron chi connectivity index (χ3n) is 7.25. The van der Waals surface area contributed by atoms with E-state index < -0.39 is 0 Å². The maximum atomic E-state index is 12.6. The number of nitrogens with one attached hydrogen (secondary N) is 1. The van der Waals surface area contributed by atoms with E-state index in [2.05, 4.69) is 37.9 Å². The van der Waals surface area contributed by atoms with Crippen molar-refractivity contribution in [2.45, 2.75) is 65.3 Å². The average molecular weight is 292 g/mol. The first-order chi connectivity index (χ1) is 9.83. The quantitative estimate of drug-likeness (QED) is 0.867. The van der Waals surface area contributed by atoms with Gasteiger partial charge in [0.1, 0.15) is 0 Å². The molecule has 21 heavy (non-hydrogen) atoms. The smallest absolute Gasteiger partial charge is 0.234 e. The Morgan fingerprint density at radius 1 is 1.10 bits per heavy atom. The molecule has 2 saturated carbocycles. The van der Waals surface area contributed by atoms with Gasteiger partial charge in [-0.25, -0.2) is 0 Å². The number of piperidine rings is 1. The largest absolute Gasteiger partial charge is 0.349 e. The molecule has 0 spiro atoms. The molecular formula is C18H32N2O. The van der Waals surface area contributed by atoms with Gasteiger partial charge in [-0.1, -0.05) is 20.8 Å². The highest BCUT2D eigenvalue weighted by atomic mass is 16.2. The van der Waals surface area contributed by atoms with Crippen LogP contribution < -0.4 is 5.32 Å². The monoisotopic (exact) mass is 292 g/mol. The van der Waals surface area contributed by atoms with Gasteiger partial charge in [-0.15, -0.1) is 0 Å². The molecule has 1 saturated heterocycles. The first-order valence-corrected chi connectivity index (χ1v) is 8.86. The van der Waals surface area contributed by atoms with Crippen molar-refractivity contribution in [3.63, 3.8) is 0 Å². The Balaban J connectivity index is 1.59. The molecule has 2 bridgehead atoms. The van der Waals surface area contributed by atoms with Crippen molar-refractivity contribution < 1.29 is 4.79 Å². The van der Waals surface area contributed by atoms with Crippen molar-refractivity contribution in [2.75, 3.05) is 19.6 Å². The molecule has 3 heteroatoms. The van der Waals surface area contributed by atoms with Crippen LogP contribution >= 0.6 is 0 Å². The number of rotatable bonds is 3. The minimum absolute atomic E-state index is 0.00389. The van der Waals surface area contributed by atoms with E-state index in [1.54, 1.807) is 0 Å². The van der Waals surface area contributed by atoms with Gasteiger partial charge in [0.05, 0.1) is 6.54 Å². The van der Waals surface area contributed by atoms with E-state index in [-0.39, 0.29) is 16.9 Å². The summed E-state index contributed by atoms with van der Waals surface area (Å²) in [4.78, 5) is 14.9. The summed E-state index contributed by atoms with van der Waals surface area (Å²) in [5.74, 6) is 2.55. The van der Waals surface area contributed by atoms with Crippen molar-refractivity contribution in [2.24, 2.45) is 23.2 Å². The fourth-order valence-corrected chi connectivity index (χ4v) is 5.13. The summed E-state index contributed by atoms with van der Waals surface area (Å²) in [7, 11) is 0. The van der Waals surface area contributed by atoms with Crippen LogP contribution in [0.4, 0.5) is 0 Å². The summed E-state index contributed by atoms with van der Waals surface area (Å²) in [6.07, 6.45) is 6.44. The van der Waals surface area contributed by atoms with Crippen molar-refractivity contribution in [3.05, 3.63) is 0 Å². The van der Waals surface area contributed by atoms with Gasteiger partial charge >= 0.3 is 0 Å². The van der Waals surface area contributed by atoms with Crippen LogP contribution in [0.5, 0.6) is 0 Å². The SMILES string of the molecule is CC1CCN(CC(=O)N[C@]2(C)[C@@H]3CC[C@@H](C3)C2(C)C)CC1. The Labute approximate surface area is 129 Å². The maximum Gasteiger partial charge on any atom is 0.234 e. The molecule has 1 N–H and O–H groups in total. The maximum absolute atomic E-state index is 12.6. The molecule has 3 nitrogen and oxygen atoms in total. The Hall–Kier alpha value is -0.570. The minimum atomic E-state index is -0.00389. The average Bonchev–Trinajstić information content (AvgIpc) is 2.96. The van der Waals surface area contributed by atoms with Crippen LogP contribution in [0, 0.1) is 23.2 Å².